The van der Waals surface area contributed by atoms with Crippen LogP contribution in [0.4, 0.5) is 0 Å². The third-order valence-corrected chi connectivity index (χ3v) is 2.44. The molecule has 0 radical (unpaired) electrons. The zero-order chi connectivity index (χ0) is 8.39. The molecule has 1 aromatic rings. The fourth-order valence-corrected chi connectivity index (χ4v) is 1.42. The third kappa shape index (κ3) is 1.18. The van der Waals surface area contributed by atoms with E-state index in [-0.39, 0.29) is 0 Å². The van der Waals surface area contributed by atoms with Gasteiger partial charge >= 0.3 is 0 Å². The van der Waals surface area contributed by atoms with Gasteiger partial charge in [-0.25, -0.2) is 0 Å². The predicted octanol–water partition coefficient (Wildman–Crippen LogP) is 2.22. The van der Waals surface area contributed by atoms with Gasteiger partial charge in [0.05, 0.1) is 5.56 Å². The quantitative estimate of drug-likeness (QED) is 0.628. The molecular weight excluding hydrogens is 148 g/mol. The Balaban J connectivity index is 2.19. The summed E-state index contributed by atoms with van der Waals surface area (Å²) in [4.78, 5) is 4.25. The van der Waals surface area contributed by atoms with Crippen molar-refractivity contribution in [2.45, 2.75) is 25.2 Å². The smallest absolute Gasteiger partial charge is 0.101 e. The fourth-order valence-electron chi connectivity index (χ4n) is 1.42. The molecule has 0 N–H and O–H groups in total. The number of nitriles is 1. The summed E-state index contributed by atoms with van der Waals surface area (Å²) in [7, 11) is 0. The van der Waals surface area contributed by atoms with E-state index in [1.54, 1.807) is 6.20 Å². The van der Waals surface area contributed by atoms with Crippen LogP contribution in [0.25, 0.3) is 0 Å². The van der Waals surface area contributed by atoms with Gasteiger partial charge in [-0.2, -0.15) is 5.26 Å². The monoisotopic (exact) mass is 158 g/mol. The van der Waals surface area contributed by atoms with Gasteiger partial charge in [-0.1, -0.05) is 6.42 Å². The molecule has 0 unspecified atom stereocenters. The maximum absolute atomic E-state index is 8.55. The van der Waals surface area contributed by atoms with E-state index in [0.29, 0.717) is 11.5 Å². The van der Waals surface area contributed by atoms with E-state index < -0.39 is 0 Å². The summed E-state index contributed by atoms with van der Waals surface area (Å²) >= 11 is 0. The Morgan fingerprint density at radius 3 is 2.67 bits per heavy atom. The Morgan fingerprint density at radius 1 is 1.42 bits per heavy atom. The lowest BCUT2D eigenvalue weighted by Gasteiger charge is -2.24. The van der Waals surface area contributed by atoms with Crippen LogP contribution in [0.15, 0.2) is 18.3 Å². The van der Waals surface area contributed by atoms with Crippen molar-refractivity contribution in [3.05, 3.63) is 29.6 Å². The molecular formula is C10H10N2. The van der Waals surface area contributed by atoms with E-state index in [0.717, 1.165) is 5.69 Å². The van der Waals surface area contributed by atoms with E-state index >= 15 is 0 Å². The molecule has 2 rings (SSSR count). The minimum atomic E-state index is 0.651. The summed E-state index contributed by atoms with van der Waals surface area (Å²) in [6.45, 7) is 0. The lowest BCUT2D eigenvalue weighted by molar-refractivity contribution is 0.411. The van der Waals surface area contributed by atoms with Gasteiger partial charge < -0.3 is 0 Å². The summed E-state index contributed by atoms with van der Waals surface area (Å²) < 4.78 is 0. The molecule has 1 aliphatic carbocycles. The molecule has 0 atom stereocenters. The standard InChI is InChI=1S/C10H10N2/c11-6-8-4-5-10(12-7-8)9-2-1-3-9/h4-5,7,9H,1-3H2. The first-order valence-corrected chi connectivity index (χ1v) is 4.26. The van der Waals surface area contributed by atoms with E-state index in [1.807, 2.05) is 12.1 Å². The number of hydrogen-bond donors (Lipinski definition) is 0. The summed E-state index contributed by atoms with van der Waals surface area (Å²) in [5.74, 6) is 0.665. The van der Waals surface area contributed by atoms with Crippen LogP contribution < -0.4 is 0 Å². The van der Waals surface area contributed by atoms with Crippen LogP contribution in [-0.2, 0) is 0 Å². The summed E-state index contributed by atoms with van der Waals surface area (Å²) in [5, 5.41) is 8.55. The highest BCUT2D eigenvalue weighted by Crippen LogP contribution is 2.34. The average molecular weight is 158 g/mol. The molecule has 1 fully saturated rings. The molecule has 0 aliphatic heterocycles. The highest BCUT2D eigenvalue weighted by atomic mass is 14.7. The van der Waals surface area contributed by atoms with Crippen LogP contribution in [0.3, 0.4) is 0 Å². The molecule has 2 nitrogen and oxygen atoms in total. The van der Waals surface area contributed by atoms with E-state index in [4.69, 9.17) is 5.26 Å². The Kier molecular flexibility index (Phi) is 1.79. The van der Waals surface area contributed by atoms with Crippen LogP contribution >= 0.6 is 0 Å². The van der Waals surface area contributed by atoms with Crippen molar-refractivity contribution in [2.24, 2.45) is 0 Å². The number of rotatable bonds is 1. The lowest BCUT2D eigenvalue weighted by atomic mass is 9.83. The summed E-state index contributed by atoms with van der Waals surface area (Å²) in [6, 6.07) is 5.89. The molecule has 0 spiro atoms. The predicted molar refractivity (Wildman–Crippen MR) is 45.5 cm³/mol. The number of pyridine rings is 1. The Bertz CT molecular complexity index is 304. The van der Waals surface area contributed by atoms with E-state index in [2.05, 4.69) is 11.1 Å². The molecule has 0 bridgehead atoms. The van der Waals surface area contributed by atoms with E-state index in [9.17, 15) is 0 Å². The van der Waals surface area contributed by atoms with Gasteiger partial charge in [0.25, 0.3) is 0 Å². The van der Waals surface area contributed by atoms with Crippen LogP contribution in [-0.4, -0.2) is 4.98 Å². The van der Waals surface area contributed by atoms with Gasteiger partial charge in [0.2, 0.25) is 0 Å². The van der Waals surface area contributed by atoms with Crippen molar-refractivity contribution >= 4 is 0 Å². The molecule has 1 heterocycles. The maximum atomic E-state index is 8.55. The molecule has 2 heteroatoms. The maximum Gasteiger partial charge on any atom is 0.101 e. The zero-order valence-electron chi connectivity index (χ0n) is 6.83. The van der Waals surface area contributed by atoms with Crippen molar-refractivity contribution in [1.82, 2.24) is 4.98 Å². The van der Waals surface area contributed by atoms with Crippen molar-refractivity contribution in [2.75, 3.05) is 0 Å². The third-order valence-electron chi connectivity index (χ3n) is 2.44. The highest BCUT2D eigenvalue weighted by Gasteiger charge is 2.20. The van der Waals surface area contributed by atoms with Crippen molar-refractivity contribution < 1.29 is 0 Å². The number of aromatic nitrogens is 1. The first-order valence-electron chi connectivity index (χ1n) is 4.26. The van der Waals surface area contributed by atoms with Gasteiger partial charge in [0.1, 0.15) is 6.07 Å². The Morgan fingerprint density at radius 2 is 2.25 bits per heavy atom. The Hall–Kier alpha value is -1.36. The molecule has 0 aromatic carbocycles. The second kappa shape index (κ2) is 2.94. The highest BCUT2D eigenvalue weighted by molar-refractivity contribution is 5.27. The first-order chi connectivity index (χ1) is 5.90. The SMILES string of the molecule is N#Cc1ccc(C2CCC2)nc1. The van der Waals surface area contributed by atoms with Crippen LogP contribution in [0, 0.1) is 11.3 Å². The molecule has 1 aliphatic rings. The minimum absolute atomic E-state index is 0.651. The molecule has 0 saturated heterocycles. The van der Waals surface area contributed by atoms with Gasteiger partial charge in [-0.3, -0.25) is 4.98 Å². The van der Waals surface area contributed by atoms with Crippen LogP contribution in [0.5, 0.6) is 0 Å². The van der Waals surface area contributed by atoms with Crippen molar-refractivity contribution in [3.8, 4) is 6.07 Å². The number of nitrogens with zero attached hydrogens (tertiary/aromatic N) is 2. The largest absolute Gasteiger partial charge is 0.260 e. The normalized spacial score (nSPS) is 16.6. The van der Waals surface area contributed by atoms with Gasteiger partial charge in [0.15, 0.2) is 0 Å². The summed E-state index contributed by atoms with van der Waals surface area (Å²) in [6.07, 6.45) is 5.51. The second-order valence-corrected chi connectivity index (χ2v) is 3.21. The zero-order valence-corrected chi connectivity index (χ0v) is 6.83. The minimum Gasteiger partial charge on any atom is -0.260 e. The van der Waals surface area contributed by atoms with Crippen molar-refractivity contribution in [1.29, 1.82) is 5.26 Å². The van der Waals surface area contributed by atoms with Gasteiger partial charge in [0, 0.05) is 17.8 Å². The Labute approximate surface area is 71.9 Å². The molecule has 60 valence electrons. The summed E-state index contributed by atoms with van der Waals surface area (Å²) in [5.41, 5.74) is 1.80. The first kappa shape index (κ1) is 7.30. The van der Waals surface area contributed by atoms with Crippen LogP contribution in [0.2, 0.25) is 0 Å². The van der Waals surface area contributed by atoms with Gasteiger partial charge in [-0.15, -0.1) is 0 Å². The second-order valence-electron chi connectivity index (χ2n) is 3.21. The lowest BCUT2D eigenvalue weighted by Crippen LogP contribution is -2.10. The molecule has 12 heavy (non-hydrogen) atoms. The van der Waals surface area contributed by atoms with E-state index in [1.165, 1.54) is 19.3 Å². The average Bonchev–Trinajstić information content (AvgIpc) is 2.03. The number of hydrogen-bond acceptors (Lipinski definition) is 2. The molecule has 1 saturated carbocycles. The van der Waals surface area contributed by atoms with Gasteiger partial charge in [-0.05, 0) is 25.0 Å². The topological polar surface area (TPSA) is 36.7 Å². The molecule has 0 amide bonds. The molecule has 1 aromatic heterocycles. The van der Waals surface area contributed by atoms with Crippen molar-refractivity contribution in [3.63, 3.8) is 0 Å². The van der Waals surface area contributed by atoms with Crippen LogP contribution in [0.1, 0.15) is 36.4 Å². The fraction of sp³-hybridized carbons (Fsp3) is 0.400.